The molecule has 1 atom stereocenters. The molecule has 0 rings (SSSR count). The minimum atomic E-state index is -1.16. The molecule has 2 N–H and O–H groups in total. The lowest BCUT2D eigenvalue weighted by Gasteiger charge is -2.27. The van der Waals surface area contributed by atoms with Crippen LogP contribution in [0.5, 0.6) is 0 Å². The Morgan fingerprint density at radius 3 is 1.90 bits per heavy atom. The van der Waals surface area contributed by atoms with Crippen LogP contribution >= 0.6 is 0 Å². The van der Waals surface area contributed by atoms with E-state index in [1.807, 2.05) is 13.8 Å². The second-order valence-electron chi connectivity index (χ2n) is 3.00. The Labute approximate surface area is 62.8 Å². The summed E-state index contributed by atoms with van der Waals surface area (Å²) in [5.74, 6) is 0.123. The van der Waals surface area contributed by atoms with Crippen LogP contribution in [0.25, 0.3) is 0 Å². The lowest BCUT2D eigenvalue weighted by atomic mass is 9.87. The van der Waals surface area contributed by atoms with Gasteiger partial charge in [-0.15, -0.1) is 0 Å². The Hall–Kier alpha value is -0.110. The van der Waals surface area contributed by atoms with E-state index < -0.39 is 5.67 Å². The van der Waals surface area contributed by atoms with E-state index in [0.29, 0.717) is 0 Å². The summed E-state index contributed by atoms with van der Waals surface area (Å²) in [5.41, 5.74) is 4.12. The Balaban J connectivity index is 3.97. The van der Waals surface area contributed by atoms with Crippen LogP contribution in [0.15, 0.2) is 0 Å². The summed E-state index contributed by atoms with van der Waals surface area (Å²) in [6, 6.07) is 0. The van der Waals surface area contributed by atoms with Crippen LogP contribution in [0.1, 0.15) is 33.6 Å². The van der Waals surface area contributed by atoms with Crippen molar-refractivity contribution in [1.82, 2.24) is 0 Å². The number of hydrogen-bond donors (Lipinski definition) is 1. The molecule has 0 aromatic carbocycles. The van der Waals surface area contributed by atoms with Gasteiger partial charge in [-0.1, -0.05) is 26.7 Å². The first-order valence-corrected chi connectivity index (χ1v) is 3.97. The minimum absolute atomic E-state index is 0.123. The number of halogens is 1. The Kier molecular flexibility index (Phi) is 3.87. The van der Waals surface area contributed by atoms with Gasteiger partial charge in [-0.3, -0.25) is 0 Å². The molecule has 0 aliphatic carbocycles. The first-order chi connectivity index (χ1) is 4.58. The molecule has 10 heavy (non-hydrogen) atoms. The van der Waals surface area contributed by atoms with Crippen LogP contribution in [-0.4, -0.2) is 12.2 Å². The molecule has 0 fully saturated rings. The first kappa shape index (κ1) is 9.89. The zero-order valence-electron chi connectivity index (χ0n) is 7.15. The van der Waals surface area contributed by atoms with Crippen molar-refractivity contribution in [3.63, 3.8) is 0 Å². The molecule has 0 spiro atoms. The summed E-state index contributed by atoms with van der Waals surface area (Å²) in [6.45, 7) is 5.73. The maximum absolute atomic E-state index is 13.4. The number of hydrogen-bond acceptors (Lipinski definition) is 1. The van der Waals surface area contributed by atoms with Gasteiger partial charge in [0, 0.05) is 6.54 Å². The van der Waals surface area contributed by atoms with Crippen molar-refractivity contribution in [2.45, 2.75) is 39.3 Å². The van der Waals surface area contributed by atoms with Gasteiger partial charge < -0.3 is 5.73 Å². The summed E-state index contributed by atoms with van der Waals surface area (Å²) in [7, 11) is 0. The van der Waals surface area contributed by atoms with E-state index in [4.69, 9.17) is 5.73 Å². The summed E-state index contributed by atoms with van der Waals surface area (Å²) in [4.78, 5) is 0. The predicted octanol–water partition coefficient (Wildman–Crippen LogP) is 2.11. The lowest BCUT2D eigenvalue weighted by molar-refractivity contribution is 0.105. The van der Waals surface area contributed by atoms with Gasteiger partial charge in [0.2, 0.25) is 0 Å². The fourth-order valence-corrected chi connectivity index (χ4v) is 1.31. The molecule has 0 radical (unpaired) electrons. The fraction of sp³-hybridized carbons (Fsp3) is 1.00. The van der Waals surface area contributed by atoms with Crippen LogP contribution < -0.4 is 5.73 Å². The highest BCUT2D eigenvalue weighted by atomic mass is 19.1. The monoisotopic (exact) mass is 147 g/mol. The molecule has 2 heteroatoms. The standard InChI is InChI=1S/C8H18FN/c1-4-7(5-2)8(3,9)6-10/h7H,4-6,10H2,1-3H3. The van der Waals surface area contributed by atoms with Gasteiger partial charge in [0.1, 0.15) is 5.67 Å². The van der Waals surface area contributed by atoms with Crippen molar-refractivity contribution in [2.24, 2.45) is 11.7 Å². The molecule has 0 amide bonds. The minimum Gasteiger partial charge on any atom is -0.328 e. The maximum atomic E-state index is 13.4. The van der Waals surface area contributed by atoms with E-state index >= 15 is 0 Å². The highest BCUT2D eigenvalue weighted by Crippen LogP contribution is 2.26. The lowest BCUT2D eigenvalue weighted by Crippen LogP contribution is -2.37. The van der Waals surface area contributed by atoms with Gasteiger partial charge in [-0.05, 0) is 12.8 Å². The molecule has 0 saturated heterocycles. The van der Waals surface area contributed by atoms with E-state index in [-0.39, 0.29) is 12.5 Å². The Morgan fingerprint density at radius 2 is 1.80 bits per heavy atom. The highest BCUT2D eigenvalue weighted by molar-refractivity contribution is 4.81. The van der Waals surface area contributed by atoms with Crippen molar-refractivity contribution in [2.75, 3.05) is 6.54 Å². The van der Waals surface area contributed by atoms with Gasteiger partial charge in [0.15, 0.2) is 0 Å². The van der Waals surface area contributed by atoms with Gasteiger partial charge in [-0.2, -0.15) is 0 Å². The molecule has 0 heterocycles. The Morgan fingerprint density at radius 1 is 1.40 bits per heavy atom. The normalized spacial score (nSPS) is 17.4. The molecule has 0 aliphatic heterocycles. The summed E-state index contributed by atoms with van der Waals surface area (Å²) < 4.78 is 13.4. The van der Waals surface area contributed by atoms with E-state index in [1.54, 1.807) is 6.92 Å². The molecule has 0 saturated carbocycles. The third-order valence-electron chi connectivity index (χ3n) is 2.24. The fourth-order valence-electron chi connectivity index (χ4n) is 1.31. The van der Waals surface area contributed by atoms with E-state index in [9.17, 15) is 4.39 Å². The zero-order valence-corrected chi connectivity index (χ0v) is 7.15. The largest absolute Gasteiger partial charge is 0.328 e. The third kappa shape index (κ3) is 2.25. The Bertz CT molecular complexity index is 87.3. The average Bonchev–Trinajstić information content (AvgIpc) is 1.90. The van der Waals surface area contributed by atoms with Gasteiger partial charge in [-0.25, -0.2) is 4.39 Å². The van der Waals surface area contributed by atoms with Crippen molar-refractivity contribution < 1.29 is 4.39 Å². The van der Waals surface area contributed by atoms with Crippen molar-refractivity contribution >= 4 is 0 Å². The maximum Gasteiger partial charge on any atom is 0.123 e. The van der Waals surface area contributed by atoms with Gasteiger partial charge in [0.25, 0.3) is 0 Å². The predicted molar refractivity (Wildman–Crippen MR) is 42.6 cm³/mol. The van der Waals surface area contributed by atoms with Crippen molar-refractivity contribution in [1.29, 1.82) is 0 Å². The van der Waals surface area contributed by atoms with Crippen LogP contribution in [0.3, 0.4) is 0 Å². The quantitative estimate of drug-likeness (QED) is 0.647. The SMILES string of the molecule is CCC(CC)C(C)(F)CN. The topological polar surface area (TPSA) is 26.0 Å². The molecule has 0 aromatic rings. The molecule has 0 aromatic heterocycles. The smallest absolute Gasteiger partial charge is 0.123 e. The second-order valence-corrected chi connectivity index (χ2v) is 3.00. The zero-order chi connectivity index (χ0) is 8.20. The molecule has 1 unspecified atom stereocenters. The summed E-state index contributed by atoms with van der Waals surface area (Å²) >= 11 is 0. The van der Waals surface area contributed by atoms with Crippen LogP contribution in [-0.2, 0) is 0 Å². The summed E-state index contributed by atoms with van der Waals surface area (Å²) in [6.07, 6.45) is 1.75. The number of rotatable bonds is 4. The molecule has 62 valence electrons. The van der Waals surface area contributed by atoms with E-state index in [1.165, 1.54) is 0 Å². The van der Waals surface area contributed by atoms with Crippen molar-refractivity contribution in [3.8, 4) is 0 Å². The first-order valence-electron chi connectivity index (χ1n) is 3.97. The van der Waals surface area contributed by atoms with E-state index in [2.05, 4.69) is 0 Å². The molecular weight excluding hydrogens is 129 g/mol. The van der Waals surface area contributed by atoms with E-state index in [0.717, 1.165) is 12.8 Å². The molecular formula is C8H18FN. The van der Waals surface area contributed by atoms with Crippen LogP contribution in [0.2, 0.25) is 0 Å². The van der Waals surface area contributed by atoms with Crippen LogP contribution in [0, 0.1) is 5.92 Å². The van der Waals surface area contributed by atoms with Gasteiger partial charge >= 0.3 is 0 Å². The molecule has 0 aliphatic rings. The van der Waals surface area contributed by atoms with Crippen LogP contribution in [0.4, 0.5) is 4.39 Å². The number of nitrogens with two attached hydrogens (primary N) is 1. The second kappa shape index (κ2) is 3.91. The highest BCUT2D eigenvalue weighted by Gasteiger charge is 2.29. The third-order valence-corrected chi connectivity index (χ3v) is 2.24. The molecule has 1 nitrogen and oxygen atoms in total. The van der Waals surface area contributed by atoms with Gasteiger partial charge in [0.05, 0.1) is 0 Å². The van der Waals surface area contributed by atoms with Crippen molar-refractivity contribution in [3.05, 3.63) is 0 Å². The number of alkyl halides is 1. The summed E-state index contributed by atoms with van der Waals surface area (Å²) in [5, 5.41) is 0. The molecule has 0 bridgehead atoms. The average molecular weight is 147 g/mol.